The standard InChI is InChI=1S/C8H5Cl2NO4S/c1-11-5-2-4(9)7(16(10,13)14)3-6(5)15-8(11)12/h2-3H,1H3. The smallest absolute Gasteiger partial charge is 0.408 e. The lowest BCUT2D eigenvalue weighted by Gasteiger charge is -1.99. The van der Waals surface area contributed by atoms with Crippen molar-refractivity contribution in [2.45, 2.75) is 4.90 Å². The largest absolute Gasteiger partial charge is 0.419 e. The van der Waals surface area contributed by atoms with E-state index in [-0.39, 0.29) is 15.5 Å². The summed E-state index contributed by atoms with van der Waals surface area (Å²) in [4.78, 5) is 10.9. The number of rotatable bonds is 1. The zero-order valence-electron chi connectivity index (χ0n) is 7.90. The summed E-state index contributed by atoms with van der Waals surface area (Å²) in [6.07, 6.45) is 0. The van der Waals surface area contributed by atoms with Gasteiger partial charge in [-0.3, -0.25) is 4.57 Å². The maximum Gasteiger partial charge on any atom is 0.419 e. The number of oxazole rings is 1. The molecule has 0 bridgehead atoms. The van der Waals surface area contributed by atoms with Gasteiger partial charge in [0.05, 0.1) is 10.5 Å². The number of benzene rings is 1. The molecule has 8 heteroatoms. The Morgan fingerprint density at radius 1 is 1.38 bits per heavy atom. The molecule has 0 spiro atoms. The van der Waals surface area contributed by atoms with Gasteiger partial charge in [-0.2, -0.15) is 0 Å². The van der Waals surface area contributed by atoms with Crippen LogP contribution in [0.4, 0.5) is 0 Å². The summed E-state index contributed by atoms with van der Waals surface area (Å²) in [5.41, 5.74) is 0.523. The maximum absolute atomic E-state index is 11.2. The van der Waals surface area contributed by atoms with E-state index in [4.69, 9.17) is 26.7 Å². The third-order valence-corrected chi connectivity index (χ3v) is 3.90. The number of nitrogens with zero attached hydrogens (tertiary/aromatic N) is 1. The Bertz CT molecular complexity index is 728. The molecular formula is C8H5Cl2NO4S. The fourth-order valence-electron chi connectivity index (χ4n) is 1.32. The molecule has 5 nitrogen and oxygen atoms in total. The number of hydrogen-bond donors (Lipinski definition) is 0. The molecular weight excluding hydrogens is 277 g/mol. The SMILES string of the molecule is Cn1c(=O)oc2cc(S(=O)(=O)Cl)c(Cl)cc21. The van der Waals surface area contributed by atoms with Gasteiger partial charge in [-0.1, -0.05) is 11.6 Å². The summed E-state index contributed by atoms with van der Waals surface area (Å²) >= 11 is 5.75. The molecule has 0 saturated carbocycles. The van der Waals surface area contributed by atoms with Crippen molar-refractivity contribution < 1.29 is 12.8 Å². The van der Waals surface area contributed by atoms with Crippen LogP contribution < -0.4 is 5.76 Å². The van der Waals surface area contributed by atoms with Crippen molar-refractivity contribution in [2.75, 3.05) is 0 Å². The van der Waals surface area contributed by atoms with Crippen LogP contribution in [-0.4, -0.2) is 13.0 Å². The third kappa shape index (κ3) is 1.73. The molecule has 0 aliphatic carbocycles. The lowest BCUT2D eigenvalue weighted by atomic mass is 10.3. The van der Waals surface area contributed by atoms with Gasteiger partial charge in [-0.15, -0.1) is 0 Å². The zero-order chi connectivity index (χ0) is 12.1. The first kappa shape index (κ1) is 11.5. The Labute approximate surface area is 99.6 Å². The number of fused-ring (bicyclic) bond motifs is 1. The van der Waals surface area contributed by atoms with Crippen LogP contribution in [-0.2, 0) is 16.1 Å². The lowest BCUT2D eigenvalue weighted by Crippen LogP contribution is -2.08. The number of aromatic nitrogens is 1. The van der Waals surface area contributed by atoms with Crippen LogP contribution in [0.5, 0.6) is 0 Å². The van der Waals surface area contributed by atoms with Crippen LogP contribution in [0.25, 0.3) is 11.1 Å². The van der Waals surface area contributed by atoms with E-state index in [0.29, 0.717) is 5.52 Å². The van der Waals surface area contributed by atoms with E-state index in [2.05, 4.69) is 0 Å². The van der Waals surface area contributed by atoms with Crippen molar-refractivity contribution in [3.63, 3.8) is 0 Å². The zero-order valence-corrected chi connectivity index (χ0v) is 10.2. The van der Waals surface area contributed by atoms with Gasteiger partial charge in [0.1, 0.15) is 4.90 Å². The van der Waals surface area contributed by atoms with Gasteiger partial charge in [-0.05, 0) is 6.07 Å². The highest BCUT2D eigenvalue weighted by Crippen LogP contribution is 2.29. The molecule has 1 aromatic heterocycles. The summed E-state index contributed by atoms with van der Waals surface area (Å²) in [6, 6.07) is 2.44. The summed E-state index contributed by atoms with van der Waals surface area (Å²) < 4.78 is 28.3. The molecule has 0 aliphatic heterocycles. The minimum Gasteiger partial charge on any atom is -0.408 e. The first-order valence-corrected chi connectivity index (χ1v) is 6.73. The van der Waals surface area contributed by atoms with Gasteiger partial charge in [0.15, 0.2) is 5.58 Å². The van der Waals surface area contributed by atoms with Crippen LogP contribution in [0.1, 0.15) is 0 Å². The predicted molar refractivity (Wildman–Crippen MR) is 59.5 cm³/mol. The minimum absolute atomic E-state index is 0.0566. The topological polar surface area (TPSA) is 69.3 Å². The van der Waals surface area contributed by atoms with E-state index < -0.39 is 14.8 Å². The van der Waals surface area contributed by atoms with E-state index >= 15 is 0 Å². The fraction of sp³-hybridized carbons (Fsp3) is 0.125. The summed E-state index contributed by atoms with van der Waals surface area (Å²) in [6.45, 7) is 0. The second kappa shape index (κ2) is 3.51. The molecule has 0 aliphatic rings. The molecule has 0 atom stereocenters. The summed E-state index contributed by atoms with van der Waals surface area (Å²) in [5.74, 6) is -0.602. The summed E-state index contributed by atoms with van der Waals surface area (Å²) in [7, 11) is 2.70. The quantitative estimate of drug-likeness (QED) is 0.747. The van der Waals surface area contributed by atoms with Gasteiger partial charge in [0, 0.05) is 23.8 Å². The van der Waals surface area contributed by atoms with E-state index in [1.807, 2.05) is 0 Å². The molecule has 0 unspecified atom stereocenters. The Kier molecular flexibility index (Phi) is 2.52. The Morgan fingerprint density at radius 2 is 2.00 bits per heavy atom. The first-order valence-electron chi connectivity index (χ1n) is 4.04. The molecule has 0 fully saturated rings. The van der Waals surface area contributed by atoms with Crippen molar-refractivity contribution in [3.05, 3.63) is 27.7 Å². The molecule has 16 heavy (non-hydrogen) atoms. The lowest BCUT2D eigenvalue weighted by molar-refractivity contribution is 0.527. The molecule has 86 valence electrons. The van der Waals surface area contributed by atoms with Crippen molar-refractivity contribution >= 4 is 42.4 Å². The van der Waals surface area contributed by atoms with E-state index in [9.17, 15) is 13.2 Å². The van der Waals surface area contributed by atoms with E-state index in [0.717, 1.165) is 6.07 Å². The number of halogens is 2. The highest BCUT2D eigenvalue weighted by molar-refractivity contribution is 8.13. The van der Waals surface area contributed by atoms with Crippen LogP contribution in [0.15, 0.2) is 26.2 Å². The monoisotopic (exact) mass is 281 g/mol. The molecule has 0 radical (unpaired) electrons. The maximum atomic E-state index is 11.2. The van der Waals surface area contributed by atoms with Crippen LogP contribution in [0.3, 0.4) is 0 Å². The molecule has 0 amide bonds. The Hall–Kier alpha value is -0.980. The van der Waals surface area contributed by atoms with Crippen molar-refractivity contribution in [1.29, 1.82) is 0 Å². The highest BCUT2D eigenvalue weighted by atomic mass is 35.7. The van der Waals surface area contributed by atoms with E-state index in [1.54, 1.807) is 0 Å². The Morgan fingerprint density at radius 3 is 2.56 bits per heavy atom. The summed E-state index contributed by atoms with van der Waals surface area (Å²) in [5, 5.41) is -0.0566. The van der Waals surface area contributed by atoms with Crippen LogP contribution in [0, 0.1) is 0 Å². The third-order valence-electron chi connectivity index (χ3n) is 2.11. The molecule has 2 aromatic rings. The van der Waals surface area contributed by atoms with Crippen molar-refractivity contribution in [2.24, 2.45) is 7.05 Å². The van der Waals surface area contributed by atoms with Gasteiger partial charge in [0.25, 0.3) is 9.05 Å². The van der Waals surface area contributed by atoms with Gasteiger partial charge in [-0.25, -0.2) is 13.2 Å². The van der Waals surface area contributed by atoms with E-state index in [1.165, 1.54) is 17.7 Å². The first-order chi connectivity index (χ1) is 7.30. The van der Waals surface area contributed by atoms with Crippen molar-refractivity contribution in [3.8, 4) is 0 Å². The average molecular weight is 282 g/mol. The van der Waals surface area contributed by atoms with Crippen LogP contribution in [0.2, 0.25) is 5.02 Å². The second-order valence-electron chi connectivity index (χ2n) is 3.12. The minimum atomic E-state index is -3.96. The predicted octanol–water partition coefficient (Wildman–Crippen LogP) is 1.71. The van der Waals surface area contributed by atoms with Gasteiger partial charge < -0.3 is 4.42 Å². The Balaban J connectivity index is 2.94. The second-order valence-corrected chi connectivity index (χ2v) is 6.06. The molecule has 1 aromatic carbocycles. The van der Waals surface area contributed by atoms with Crippen LogP contribution >= 0.6 is 22.3 Å². The van der Waals surface area contributed by atoms with Gasteiger partial charge >= 0.3 is 5.76 Å². The molecule has 1 heterocycles. The number of aryl methyl sites for hydroxylation is 1. The molecule has 0 saturated heterocycles. The normalized spacial score (nSPS) is 12.2. The fourth-order valence-corrected chi connectivity index (χ4v) is 2.82. The molecule has 2 rings (SSSR count). The average Bonchev–Trinajstić information content (AvgIpc) is 2.41. The molecule has 0 N–H and O–H groups in total. The van der Waals surface area contributed by atoms with Gasteiger partial charge in [0.2, 0.25) is 0 Å². The number of hydrogen-bond acceptors (Lipinski definition) is 4. The highest BCUT2D eigenvalue weighted by Gasteiger charge is 2.18. The van der Waals surface area contributed by atoms with Crippen molar-refractivity contribution in [1.82, 2.24) is 4.57 Å².